The zero-order chi connectivity index (χ0) is 22.7. The normalized spacial score (nSPS) is 14.0. The van der Waals surface area contributed by atoms with Crippen molar-refractivity contribution in [2.24, 2.45) is 0 Å². The largest absolute Gasteiger partial charge is 0.378 e. The summed E-state index contributed by atoms with van der Waals surface area (Å²) in [6.45, 7) is 2.13. The first-order chi connectivity index (χ1) is 15.4. The number of ether oxygens (including phenoxy) is 1. The maximum atomic E-state index is 13.1. The number of aryl methyl sites for hydroxylation is 1. The Labute approximate surface area is 183 Å². The number of amides is 2. The SMILES string of the molecule is Cc1cc(C2(C(=O)Nc3ccc(F)cc3)COC2)ncc1NC(=O)c1cccc(C#N)c1. The summed E-state index contributed by atoms with van der Waals surface area (Å²) in [5.74, 6) is -1.05. The van der Waals surface area contributed by atoms with E-state index in [1.165, 1.54) is 36.5 Å². The molecule has 0 spiro atoms. The monoisotopic (exact) mass is 430 g/mol. The average Bonchev–Trinajstić information content (AvgIpc) is 2.76. The number of hydrogen-bond acceptors (Lipinski definition) is 5. The molecule has 4 rings (SSSR count). The predicted molar refractivity (Wildman–Crippen MR) is 116 cm³/mol. The number of carbonyl (C=O) groups excluding carboxylic acids is 2. The van der Waals surface area contributed by atoms with Crippen LogP contribution in [-0.2, 0) is 14.9 Å². The molecule has 1 aliphatic rings. The van der Waals surface area contributed by atoms with Gasteiger partial charge < -0.3 is 15.4 Å². The number of aromatic nitrogens is 1. The Kier molecular flexibility index (Phi) is 5.67. The number of halogens is 1. The second-order valence-corrected chi connectivity index (χ2v) is 7.57. The number of rotatable bonds is 5. The molecule has 2 heterocycles. The summed E-state index contributed by atoms with van der Waals surface area (Å²) in [7, 11) is 0. The molecule has 3 aromatic rings. The van der Waals surface area contributed by atoms with E-state index in [1.807, 2.05) is 6.07 Å². The Balaban J connectivity index is 1.53. The zero-order valence-electron chi connectivity index (χ0n) is 17.2. The molecule has 1 aromatic heterocycles. The Morgan fingerprint density at radius 3 is 2.50 bits per heavy atom. The molecule has 8 heteroatoms. The minimum Gasteiger partial charge on any atom is -0.378 e. The number of hydrogen-bond donors (Lipinski definition) is 2. The highest BCUT2D eigenvalue weighted by Crippen LogP contribution is 2.34. The van der Waals surface area contributed by atoms with Crippen molar-refractivity contribution < 1.29 is 18.7 Å². The lowest BCUT2D eigenvalue weighted by Crippen LogP contribution is -2.56. The summed E-state index contributed by atoms with van der Waals surface area (Å²) in [5, 5.41) is 14.6. The number of carbonyl (C=O) groups is 2. The van der Waals surface area contributed by atoms with E-state index in [0.29, 0.717) is 28.2 Å². The van der Waals surface area contributed by atoms with Gasteiger partial charge >= 0.3 is 0 Å². The summed E-state index contributed by atoms with van der Waals surface area (Å²) >= 11 is 0. The fraction of sp³-hybridized carbons (Fsp3) is 0.167. The third-order valence-electron chi connectivity index (χ3n) is 5.34. The van der Waals surface area contributed by atoms with Gasteiger partial charge in [0.05, 0.1) is 42.4 Å². The minimum absolute atomic E-state index is 0.166. The molecule has 0 bridgehead atoms. The molecule has 32 heavy (non-hydrogen) atoms. The van der Waals surface area contributed by atoms with Crippen molar-refractivity contribution in [2.75, 3.05) is 23.8 Å². The third kappa shape index (κ3) is 4.06. The predicted octanol–water partition coefficient (Wildman–Crippen LogP) is 3.56. The molecule has 2 aromatic carbocycles. The van der Waals surface area contributed by atoms with E-state index in [9.17, 15) is 14.0 Å². The van der Waals surface area contributed by atoms with Crippen molar-refractivity contribution in [1.82, 2.24) is 4.98 Å². The van der Waals surface area contributed by atoms with Crippen LogP contribution < -0.4 is 10.6 Å². The number of nitriles is 1. The number of nitrogens with one attached hydrogen (secondary N) is 2. The van der Waals surface area contributed by atoms with E-state index in [2.05, 4.69) is 15.6 Å². The lowest BCUT2D eigenvalue weighted by Gasteiger charge is -2.39. The molecule has 0 atom stereocenters. The van der Waals surface area contributed by atoms with Crippen molar-refractivity contribution in [2.45, 2.75) is 12.3 Å². The van der Waals surface area contributed by atoms with Crippen LogP contribution in [0.3, 0.4) is 0 Å². The lowest BCUT2D eigenvalue weighted by atomic mass is 9.80. The fourth-order valence-electron chi connectivity index (χ4n) is 3.36. The van der Waals surface area contributed by atoms with Gasteiger partial charge in [-0.25, -0.2) is 4.39 Å². The highest BCUT2D eigenvalue weighted by molar-refractivity contribution is 6.05. The Hall–Kier alpha value is -4.09. The topological polar surface area (TPSA) is 104 Å². The molecule has 1 aliphatic heterocycles. The van der Waals surface area contributed by atoms with Gasteiger partial charge in [-0.15, -0.1) is 0 Å². The summed E-state index contributed by atoms with van der Waals surface area (Å²) in [6.07, 6.45) is 1.50. The first-order valence-corrected chi connectivity index (χ1v) is 9.85. The van der Waals surface area contributed by atoms with Crippen LogP contribution in [0.4, 0.5) is 15.8 Å². The van der Waals surface area contributed by atoms with Crippen molar-refractivity contribution in [3.05, 3.63) is 89.0 Å². The van der Waals surface area contributed by atoms with E-state index in [-0.39, 0.29) is 30.8 Å². The molecular weight excluding hydrogens is 411 g/mol. The van der Waals surface area contributed by atoms with Crippen molar-refractivity contribution in [1.29, 1.82) is 5.26 Å². The first kappa shape index (κ1) is 21.2. The quantitative estimate of drug-likeness (QED) is 0.644. The standard InChI is InChI=1S/C24H19FN4O3/c1-15-9-21(24(13-32-14-24)23(31)28-19-7-5-18(25)6-8-19)27-12-20(15)29-22(30)17-4-2-3-16(10-17)11-26/h2-10,12H,13-14H2,1H3,(H,28,31)(H,29,30). The van der Waals surface area contributed by atoms with Crippen LogP contribution >= 0.6 is 0 Å². The van der Waals surface area contributed by atoms with E-state index in [4.69, 9.17) is 10.00 Å². The van der Waals surface area contributed by atoms with Gasteiger partial charge in [-0.3, -0.25) is 14.6 Å². The zero-order valence-corrected chi connectivity index (χ0v) is 17.2. The van der Waals surface area contributed by atoms with Crippen LogP contribution in [0, 0.1) is 24.1 Å². The summed E-state index contributed by atoms with van der Waals surface area (Å²) in [6, 6.07) is 15.6. The Bertz CT molecular complexity index is 1230. The van der Waals surface area contributed by atoms with Crippen LogP contribution in [0.5, 0.6) is 0 Å². The Morgan fingerprint density at radius 2 is 1.88 bits per heavy atom. The number of nitrogens with zero attached hydrogens (tertiary/aromatic N) is 2. The fourth-order valence-corrected chi connectivity index (χ4v) is 3.36. The highest BCUT2D eigenvalue weighted by Gasteiger charge is 2.49. The lowest BCUT2D eigenvalue weighted by molar-refractivity contribution is -0.140. The van der Waals surface area contributed by atoms with Crippen molar-refractivity contribution >= 4 is 23.2 Å². The second kappa shape index (κ2) is 8.57. The van der Waals surface area contributed by atoms with Gasteiger partial charge in [0.1, 0.15) is 11.2 Å². The average molecular weight is 430 g/mol. The molecule has 1 saturated heterocycles. The molecule has 2 N–H and O–H groups in total. The summed E-state index contributed by atoms with van der Waals surface area (Å²) in [4.78, 5) is 30.0. The van der Waals surface area contributed by atoms with Gasteiger partial charge in [-0.05, 0) is 61.0 Å². The maximum absolute atomic E-state index is 13.1. The maximum Gasteiger partial charge on any atom is 0.255 e. The van der Waals surface area contributed by atoms with Gasteiger partial charge in [0.25, 0.3) is 5.91 Å². The molecule has 2 amide bonds. The van der Waals surface area contributed by atoms with Crippen LogP contribution in [0.15, 0.2) is 60.8 Å². The smallest absolute Gasteiger partial charge is 0.255 e. The van der Waals surface area contributed by atoms with Gasteiger partial charge in [0.15, 0.2) is 0 Å². The van der Waals surface area contributed by atoms with Crippen LogP contribution in [0.2, 0.25) is 0 Å². The summed E-state index contributed by atoms with van der Waals surface area (Å²) in [5.41, 5.74) is 1.99. The van der Waals surface area contributed by atoms with E-state index >= 15 is 0 Å². The van der Waals surface area contributed by atoms with Gasteiger partial charge in [0.2, 0.25) is 5.91 Å². The van der Waals surface area contributed by atoms with Gasteiger partial charge in [-0.1, -0.05) is 6.07 Å². The third-order valence-corrected chi connectivity index (χ3v) is 5.34. The molecular formula is C24H19FN4O3. The molecule has 0 unspecified atom stereocenters. The van der Waals surface area contributed by atoms with Crippen LogP contribution in [0.25, 0.3) is 0 Å². The second-order valence-electron chi connectivity index (χ2n) is 7.57. The highest BCUT2D eigenvalue weighted by atomic mass is 19.1. The molecule has 0 aliphatic carbocycles. The van der Waals surface area contributed by atoms with Crippen molar-refractivity contribution in [3.63, 3.8) is 0 Å². The molecule has 7 nitrogen and oxygen atoms in total. The molecule has 1 fully saturated rings. The number of benzene rings is 2. The van der Waals surface area contributed by atoms with Gasteiger partial charge in [0, 0.05) is 11.3 Å². The first-order valence-electron chi connectivity index (χ1n) is 9.85. The van der Waals surface area contributed by atoms with Crippen LogP contribution in [0.1, 0.15) is 27.2 Å². The number of anilines is 2. The van der Waals surface area contributed by atoms with E-state index in [1.54, 1.807) is 31.2 Å². The molecule has 0 saturated carbocycles. The van der Waals surface area contributed by atoms with E-state index < -0.39 is 5.41 Å². The summed E-state index contributed by atoms with van der Waals surface area (Å²) < 4.78 is 18.5. The molecule has 160 valence electrons. The minimum atomic E-state index is -0.969. The molecule has 0 radical (unpaired) electrons. The van der Waals surface area contributed by atoms with E-state index in [0.717, 1.165) is 5.56 Å². The van der Waals surface area contributed by atoms with Crippen LogP contribution in [-0.4, -0.2) is 30.0 Å². The number of pyridine rings is 1. The Morgan fingerprint density at radius 1 is 1.12 bits per heavy atom. The van der Waals surface area contributed by atoms with Gasteiger partial charge in [-0.2, -0.15) is 5.26 Å². The van der Waals surface area contributed by atoms with Crippen molar-refractivity contribution in [3.8, 4) is 6.07 Å².